The first-order valence-corrected chi connectivity index (χ1v) is 6.48. The second-order valence-electron chi connectivity index (χ2n) is 4.14. The zero-order valence-corrected chi connectivity index (χ0v) is 11.6. The molecule has 1 aliphatic heterocycles. The summed E-state index contributed by atoms with van der Waals surface area (Å²) in [6, 6.07) is 0. The number of carbonyl (C=O) groups is 1. The van der Waals surface area contributed by atoms with Crippen molar-refractivity contribution in [3.8, 4) is 0 Å². The number of ketones is 1. The lowest BCUT2D eigenvalue weighted by molar-refractivity contribution is -0.00921. The minimum atomic E-state index is -0.382. The molecule has 2 rings (SSSR count). The van der Waals surface area contributed by atoms with E-state index in [4.69, 9.17) is 4.74 Å². The van der Waals surface area contributed by atoms with Crippen LogP contribution in [0, 0.1) is 0 Å². The van der Waals surface area contributed by atoms with E-state index in [-0.39, 0.29) is 11.9 Å². The first-order valence-electron chi connectivity index (χ1n) is 5.69. The fourth-order valence-electron chi connectivity index (χ4n) is 1.94. The number of likely N-dealkylation sites (N-methyl/N-ethyl adjacent to an activating group) is 1. The topological polar surface area (TPSA) is 47.4 Å². The van der Waals surface area contributed by atoms with E-state index >= 15 is 0 Å². The third-order valence-corrected chi connectivity index (χ3v) is 3.47. The van der Waals surface area contributed by atoms with Crippen LogP contribution < -0.4 is 0 Å². The maximum atomic E-state index is 12.4. The first kappa shape index (κ1) is 12.7. The molecule has 1 aromatic heterocycles. The number of ether oxygens (including phenoxy) is 1. The van der Waals surface area contributed by atoms with Gasteiger partial charge in [-0.3, -0.25) is 9.48 Å². The molecule has 0 bridgehead atoms. The van der Waals surface area contributed by atoms with Crippen LogP contribution in [0.5, 0.6) is 0 Å². The second-order valence-corrected chi connectivity index (χ2v) is 5.00. The Hall–Kier alpha value is -0.720. The van der Waals surface area contributed by atoms with Gasteiger partial charge in [0.2, 0.25) is 5.78 Å². The molecular formula is C11H16BrN3O2. The van der Waals surface area contributed by atoms with Gasteiger partial charge in [0, 0.05) is 19.6 Å². The quantitative estimate of drug-likeness (QED) is 0.787. The number of morpholine rings is 1. The van der Waals surface area contributed by atoms with Gasteiger partial charge in [-0.25, -0.2) is 0 Å². The van der Waals surface area contributed by atoms with E-state index in [0.717, 1.165) is 11.0 Å². The summed E-state index contributed by atoms with van der Waals surface area (Å²) >= 11 is 3.37. The molecule has 1 saturated heterocycles. The Labute approximate surface area is 109 Å². The van der Waals surface area contributed by atoms with Gasteiger partial charge in [0.05, 0.1) is 17.3 Å². The Bertz CT molecular complexity index is 419. The second kappa shape index (κ2) is 5.29. The summed E-state index contributed by atoms with van der Waals surface area (Å²) in [6.07, 6.45) is 1.27. The van der Waals surface area contributed by atoms with E-state index in [0.29, 0.717) is 25.4 Å². The summed E-state index contributed by atoms with van der Waals surface area (Å²) < 4.78 is 7.97. The molecule has 1 fully saturated rings. The molecule has 1 atom stereocenters. The molecule has 1 aliphatic rings. The summed E-state index contributed by atoms with van der Waals surface area (Å²) in [5.41, 5.74) is 0.604. The van der Waals surface area contributed by atoms with Crippen molar-refractivity contribution < 1.29 is 9.53 Å². The molecule has 17 heavy (non-hydrogen) atoms. The van der Waals surface area contributed by atoms with Crippen LogP contribution in [0.25, 0.3) is 0 Å². The zero-order chi connectivity index (χ0) is 12.4. The fraction of sp³-hybridized carbons (Fsp3) is 0.636. The first-order chi connectivity index (χ1) is 8.13. The van der Waals surface area contributed by atoms with Gasteiger partial charge >= 0.3 is 0 Å². The Kier molecular flexibility index (Phi) is 3.96. The minimum Gasteiger partial charge on any atom is -0.367 e. The average Bonchev–Trinajstić information content (AvgIpc) is 2.69. The molecule has 6 heteroatoms. The third-order valence-electron chi connectivity index (χ3n) is 2.89. The highest BCUT2D eigenvalue weighted by Gasteiger charge is 2.29. The lowest BCUT2D eigenvalue weighted by atomic mass is 10.1. The minimum absolute atomic E-state index is 0.00257. The van der Waals surface area contributed by atoms with E-state index in [1.54, 1.807) is 10.9 Å². The molecule has 0 aromatic carbocycles. The van der Waals surface area contributed by atoms with Crippen molar-refractivity contribution in [3.05, 3.63) is 16.4 Å². The van der Waals surface area contributed by atoms with Gasteiger partial charge in [0.25, 0.3) is 0 Å². The highest BCUT2D eigenvalue weighted by molar-refractivity contribution is 9.10. The van der Waals surface area contributed by atoms with Crippen molar-refractivity contribution in [3.63, 3.8) is 0 Å². The van der Waals surface area contributed by atoms with Crippen LogP contribution in [-0.2, 0) is 11.3 Å². The number of aromatic nitrogens is 2. The highest BCUT2D eigenvalue weighted by atomic mass is 79.9. The maximum absolute atomic E-state index is 12.4. The average molecular weight is 302 g/mol. The van der Waals surface area contributed by atoms with E-state index in [2.05, 4.69) is 25.9 Å². The van der Waals surface area contributed by atoms with Crippen LogP contribution in [0.1, 0.15) is 17.4 Å². The van der Waals surface area contributed by atoms with Crippen LogP contribution in [0.3, 0.4) is 0 Å². The van der Waals surface area contributed by atoms with Gasteiger partial charge in [-0.15, -0.1) is 0 Å². The summed E-state index contributed by atoms with van der Waals surface area (Å²) in [5, 5.41) is 4.15. The lowest BCUT2D eigenvalue weighted by Crippen LogP contribution is -2.44. The summed E-state index contributed by atoms with van der Waals surface area (Å²) in [7, 11) is 2.00. The molecule has 1 aromatic rings. The number of nitrogens with zero attached hydrogens (tertiary/aromatic N) is 3. The molecule has 0 aliphatic carbocycles. The molecule has 0 saturated carbocycles. The van der Waals surface area contributed by atoms with E-state index < -0.39 is 0 Å². The summed E-state index contributed by atoms with van der Waals surface area (Å²) in [6.45, 7) is 4.75. The molecule has 0 radical (unpaired) electrons. The van der Waals surface area contributed by atoms with Crippen molar-refractivity contribution in [2.75, 3.05) is 26.7 Å². The van der Waals surface area contributed by atoms with Crippen molar-refractivity contribution in [2.24, 2.45) is 0 Å². The lowest BCUT2D eigenvalue weighted by Gasteiger charge is -2.29. The van der Waals surface area contributed by atoms with Crippen LogP contribution in [0.4, 0.5) is 0 Å². The van der Waals surface area contributed by atoms with Crippen molar-refractivity contribution in [2.45, 2.75) is 19.6 Å². The van der Waals surface area contributed by atoms with Crippen LogP contribution in [0.2, 0.25) is 0 Å². The standard InChI is InChI=1S/C11H16BrN3O2/c1-3-15-10(8(12)6-13-15)11(16)9-7-14(2)4-5-17-9/h6,9H,3-5,7H2,1-2H3. The Morgan fingerprint density at radius 3 is 3.12 bits per heavy atom. The largest absolute Gasteiger partial charge is 0.367 e. The number of Topliss-reactive ketones (excluding diaryl/α,β-unsaturated/α-hetero) is 1. The molecule has 1 unspecified atom stereocenters. The number of hydrogen-bond donors (Lipinski definition) is 0. The van der Waals surface area contributed by atoms with Gasteiger partial charge in [-0.2, -0.15) is 5.10 Å². The highest BCUT2D eigenvalue weighted by Crippen LogP contribution is 2.20. The number of aryl methyl sites for hydroxylation is 1. The number of halogens is 1. The molecular weight excluding hydrogens is 286 g/mol. The molecule has 94 valence electrons. The van der Waals surface area contributed by atoms with Crippen LogP contribution in [-0.4, -0.2) is 53.3 Å². The van der Waals surface area contributed by atoms with E-state index in [9.17, 15) is 4.79 Å². The van der Waals surface area contributed by atoms with Crippen LogP contribution >= 0.6 is 15.9 Å². The summed E-state index contributed by atoms with van der Waals surface area (Å²) in [5.74, 6) is 0.00257. The van der Waals surface area contributed by atoms with Crippen LogP contribution in [0.15, 0.2) is 10.7 Å². The monoisotopic (exact) mass is 301 g/mol. The van der Waals surface area contributed by atoms with Gasteiger partial charge < -0.3 is 9.64 Å². The maximum Gasteiger partial charge on any atom is 0.211 e. The predicted molar refractivity (Wildman–Crippen MR) is 67.2 cm³/mol. The SMILES string of the molecule is CCn1ncc(Br)c1C(=O)C1CN(C)CCO1. The molecule has 2 heterocycles. The van der Waals surface area contributed by atoms with Gasteiger partial charge in [-0.1, -0.05) is 0 Å². The normalized spacial score (nSPS) is 21.7. The molecule has 0 spiro atoms. The van der Waals surface area contributed by atoms with Crippen molar-refractivity contribution in [1.29, 1.82) is 0 Å². The number of carbonyl (C=O) groups excluding carboxylic acids is 1. The smallest absolute Gasteiger partial charge is 0.211 e. The van der Waals surface area contributed by atoms with Gasteiger partial charge in [0.15, 0.2) is 0 Å². The van der Waals surface area contributed by atoms with Gasteiger partial charge in [-0.05, 0) is 29.9 Å². The van der Waals surface area contributed by atoms with Crippen molar-refractivity contribution >= 4 is 21.7 Å². The van der Waals surface area contributed by atoms with Gasteiger partial charge in [0.1, 0.15) is 11.8 Å². The van der Waals surface area contributed by atoms with E-state index in [1.807, 2.05) is 14.0 Å². The Balaban J connectivity index is 2.21. The Morgan fingerprint density at radius 2 is 2.47 bits per heavy atom. The number of hydrogen-bond acceptors (Lipinski definition) is 4. The zero-order valence-electron chi connectivity index (χ0n) is 10.0. The molecule has 0 amide bonds. The molecule has 5 nitrogen and oxygen atoms in total. The predicted octanol–water partition coefficient (Wildman–Crippen LogP) is 1.18. The Morgan fingerprint density at radius 1 is 1.71 bits per heavy atom. The molecule has 0 N–H and O–H groups in total. The number of rotatable bonds is 3. The van der Waals surface area contributed by atoms with E-state index in [1.165, 1.54) is 0 Å². The van der Waals surface area contributed by atoms with Crippen molar-refractivity contribution in [1.82, 2.24) is 14.7 Å². The fourth-order valence-corrected chi connectivity index (χ4v) is 2.43. The third kappa shape index (κ3) is 2.59. The summed E-state index contributed by atoms with van der Waals surface area (Å²) in [4.78, 5) is 14.5.